The molecule has 0 atom stereocenters. The number of nitrogens with one attached hydrogen (secondary N) is 1. The van der Waals surface area contributed by atoms with E-state index in [4.69, 9.17) is 18.0 Å². The molecule has 17 heavy (non-hydrogen) atoms. The molecule has 0 unspecified atom stereocenters. The minimum Gasteiger partial charge on any atom is -0.376 e. The molecule has 0 amide bonds. The molecule has 0 fully saturated rings. The number of carbonyl (C=O) groups excluding carboxylic acids is 1. The number of nitrogens with zero attached hydrogens (tertiary/aromatic N) is 1. The van der Waals surface area contributed by atoms with E-state index in [0.717, 1.165) is 16.5 Å². The highest BCUT2D eigenvalue weighted by molar-refractivity contribution is 7.80. The molecule has 0 radical (unpaired) electrons. The number of anilines is 1. The van der Waals surface area contributed by atoms with Crippen molar-refractivity contribution in [1.82, 2.24) is 4.98 Å². The summed E-state index contributed by atoms with van der Waals surface area (Å²) in [5.41, 5.74) is 6.61. The van der Waals surface area contributed by atoms with Gasteiger partial charge in [-0.15, -0.1) is 0 Å². The number of pyridine rings is 1. The average molecular weight is 245 g/mol. The molecule has 1 aromatic carbocycles. The fraction of sp³-hybridized carbons (Fsp3) is 0.0833. The Morgan fingerprint density at radius 1 is 1.41 bits per heavy atom. The molecule has 0 bridgehead atoms. The summed E-state index contributed by atoms with van der Waals surface area (Å²) in [5, 5.41) is 4.78. The molecule has 0 aliphatic heterocycles. The Bertz CT molecular complexity index is 610. The van der Waals surface area contributed by atoms with Gasteiger partial charge in [0.15, 0.2) is 10.9 Å². The van der Waals surface area contributed by atoms with Crippen LogP contribution in [0.1, 0.15) is 17.4 Å². The number of ketones is 1. The lowest BCUT2D eigenvalue weighted by molar-refractivity contribution is 0.101. The molecule has 0 saturated carbocycles. The van der Waals surface area contributed by atoms with Crippen LogP contribution >= 0.6 is 12.2 Å². The first kappa shape index (κ1) is 11.5. The van der Waals surface area contributed by atoms with Crippen LogP contribution in [0.25, 0.3) is 10.8 Å². The summed E-state index contributed by atoms with van der Waals surface area (Å²) in [5.74, 6) is -0.0666. The maximum Gasteiger partial charge on any atom is 0.178 e. The standard InChI is InChI=1S/C12H11N3OS/c1-7(16)11-10-6-9(15-12(13)17)3-2-8(10)4-5-14-11/h2-6H,1H3,(H3,13,15,17). The summed E-state index contributed by atoms with van der Waals surface area (Å²) in [6.07, 6.45) is 1.62. The van der Waals surface area contributed by atoms with Crippen LogP contribution < -0.4 is 11.1 Å². The van der Waals surface area contributed by atoms with Crippen molar-refractivity contribution in [2.75, 3.05) is 5.32 Å². The summed E-state index contributed by atoms with van der Waals surface area (Å²) in [6.45, 7) is 1.50. The predicted octanol–water partition coefficient (Wildman–Crippen LogP) is 2.09. The van der Waals surface area contributed by atoms with E-state index in [0.29, 0.717) is 5.69 Å². The van der Waals surface area contributed by atoms with E-state index in [-0.39, 0.29) is 10.9 Å². The van der Waals surface area contributed by atoms with E-state index >= 15 is 0 Å². The number of thiocarbonyl (C=S) groups is 1. The first-order chi connectivity index (χ1) is 8.08. The summed E-state index contributed by atoms with van der Waals surface area (Å²) >= 11 is 4.77. The smallest absolute Gasteiger partial charge is 0.178 e. The quantitative estimate of drug-likeness (QED) is 0.626. The Labute approximate surface area is 104 Å². The van der Waals surface area contributed by atoms with Crippen molar-refractivity contribution in [1.29, 1.82) is 0 Å². The number of rotatable bonds is 2. The van der Waals surface area contributed by atoms with E-state index in [9.17, 15) is 4.79 Å². The van der Waals surface area contributed by atoms with Gasteiger partial charge in [-0.1, -0.05) is 6.07 Å². The van der Waals surface area contributed by atoms with Gasteiger partial charge in [-0.05, 0) is 35.8 Å². The lowest BCUT2D eigenvalue weighted by Gasteiger charge is -2.07. The van der Waals surface area contributed by atoms with E-state index < -0.39 is 0 Å². The molecule has 0 aliphatic carbocycles. The third-order valence-electron chi connectivity index (χ3n) is 2.37. The maximum atomic E-state index is 11.5. The van der Waals surface area contributed by atoms with E-state index in [1.807, 2.05) is 24.3 Å². The van der Waals surface area contributed by atoms with Crippen LogP contribution in [0.15, 0.2) is 30.5 Å². The van der Waals surface area contributed by atoms with Gasteiger partial charge in [0.25, 0.3) is 0 Å². The number of fused-ring (bicyclic) bond motifs is 1. The number of benzene rings is 1. The van der Waals surface area contributed by atoms with Gasteiger partial charge in [0.05, 0.1) is 0 Å². The van der Waals surface area contributed by atoms with E-state index in [2.05, 4.69) is 10.3 Å². The summed E-state index contributed by atoms with van der Waals surface area (Å²) in [7, 11) is 0. The van der Waals surface area contributed by atoms with Crippen LogP contribution in [0.3, 0.4) is 0 Å². The number of hydrogen-bond donors (Lipinski definition) is 2. The van der Waals surface area contributed by atoms with E-state index in [1.54, 1.807) is 6.20 Å². The van der Waals surface area contributed by atoms with Crippen molar-refractivity contribution in [3.05, 3.63) is 36.2 Å². The molecule has 1 aromatic heterocycles. The zero-order chi connectivity index (χ0) is 12.4. The third-order valence-corrected chi connectivity index (χ3v) is 2.47. The minimum atomic E-state index is -0.0666. The number of hydrogen-bond acceptors (Lipinski definition) is 3. The fourth-order valence-corrected chi connectivity index (χ4v) is 1.79. The molecule has 2 aromatic rings. The molecule has 5 heteroatoms. The zero-order valence-corrected chi connectivity index (χ0v) is 10.0. The van der Waals surface area contributed by atoms with Crippen molar-refractivity contribution in [2.45, 2.75) is 6.92 Å². The molecule has 86 valence electrons. The van der Waals surface area contributed by atoms with Gasteiger partial charge in [-0.25, -0.2) is 0 Å². The Morgan fingerprint density at radius 2 is 2.18 bits per heavy atom. The molecule has 0 spiro atoms. The number of nitrogens with two attached hydrogens (primary N) is 1. The van der Waals surface area contributed by atoms with Crippen molar-refractivity contribution >= 4 is 39.6 Å². The van der Waals surface area contributed by atoms with Gasteiger partial charge < -0.3 is 11.1 Å². The highest BCUT2D eigenvalue weighted by atomic mass is 32.1. The van der Waals surface area contributed by atoms with Crippen molar-refractivity contribution < 1.29 is 4.79 Å². The van der Waals surface area contributed by atoms with Crippen molar-refractivity contribution in [2.24, 2.45) is 5.73 Å². The lowest BCUT2D eigenvalue weighted by atomic mass is 10.1. The Kier molecular flexibility index (Phi) is 3.01. The Balaban J connectivity index is 2.61. The van der Waals surface area contributed by atoms with Crippen LogP contribution in [0.4, 0.5) is 5.69 Å². The summed E-state index contributed by atoms with van der Waals surface area (Å²) in [4.78, 5) is 15.5. The van der Waals surface area contributed by atoms with Crippen LogP contribution in [0, 0.1) is 0 Å². The van der Waals surface area contributed by atoms with Gasteiger partial charge in [0, 0.05) is 24.2 Å². The van der Waals surface area contributed by atoms with Gasteiger partial charge in [0.2, 0.25) is 0 Å². The molecule has 2 rings (SSSR count). The maximum absolute atomic E-state index is 11.5. The molecular formula is C12H11N3OS. The Hall–Kier alpha value is -2.01. The summed E-state index contributed by atoms with van der Waals surface area (Å²) < 4.78 is 0. The van der Waals surface area contributed by atoms with Crippen molar-refractivity contribution in [3.8, 4) is 0 Å². The SMILES string of the molecule is CC(=O)c1nccc2ccc(NC(N)=S)cc12. The second kappa shape index (κ2) is 4.47. The fourth-order valence-electron chi connectivity index (χ4n) is 1.67. The molecule has 1 heterocycles. The van der Waals surface area contributed by atoms with E-state index in [1.165, 1.54) is 6.92 Å². The van der Waals surface area contributed by atoms with Crippen molar-refractivity contribution in [3.63, 3.8) is 0 Å². The molecule has 0 aliphatic rings. The third kappa shape index (κ3) is 2.39. The van der Waals surface area contributed by atoms with Crippen LogP contribution in [-0.2, 0) is 0 Å². The topological polar surface area (TPSA) is 68.0 Å². The highest BCUT2D eigenvalue weighted by Gasteiger charge is 2.07. The highest BCUT2D eigenvalue weighted by Crippen LogP contribution is 2.21. The number of Topliss-reactive ketones (excluding diaryl/α,β-unsaturated/α-hetero) is 1. The molecule has 4 nitrogen and oxygen atoms in total. The average Bonchev–Trinajstić information content (AvgIpc) is 2.27. The normalized spacial score (nSPS) is 10.2. The zero-order valence-electron chi connectivity index (χ0n) is 9.23. The summed E-state index contributed by atoms with van der Waals surface area (Å²) in [6, 6.07) is 7.42. The van der Waals surface area contributed by atoms with Gasteiger partial charge in [0.1, 0.15) is 5.69 Å². The molecule has 0 saturated heterocycles. The van der Waals surface area contributed by atoms with Gasteiger partial charge in [-0.3, -0.25) is 9.78 Å². The van der Waals surface area contributed by atoms with Gasteiger partial charge in [-0.2, -0.15) is 0 Å². The monoisotopic (exact) mass is 245 g/mol. The first-order valence-electron chi connectivity index (χ1n) is 5.04. The second-order valence-corrected chi connectivity index (χ2v) is 4.08. The molecular weight excluding hydrogens is 234 g/mol. The molecule has 3 N–H and O–H groups in total. The second-order valence-electron chi connectivity index (χ2n) is 3.64. The van der Waals surface area contributed by atoms with Crippen LogP contribution in [0.5, 0.6) is 0 Å². The number of carbonyl (C=O) groups is 1. The largest absolute Gasteiger partial charge is 0.376 e. The van der Waals surface area contributed by atoms with Gasteiger partial charge >= 0.3 is 0 Å². The van der Waals surface area contributed by atoms with Crippen LogP contribution in [0.2, 0.25) is 0 Å². The lowest BCUT2D eigenvalue weighted by Crippen LogP contribution is -2.18. The predicted molar refractivity (Wildman–Crippen MR) is 72.2 cm³/mol. The van der Waals surface area contributed by atoms with Crippen LogP contribution in [-0.4, -0.2) is 15.9 Å². The minimum absolute atomic E-state index is 0.0666. The first-order valence-corrected chi connectivity index (χ1v) is 5.45. The number of aromatic nitrogens is 1. The Morgan fingerprint density at radius 3 is 2.82 bits per heavy atom.